The lowest BCUT2D eigenvalue weighted by Crippen LogP contribution is -2.40. The van der Waals surface area contributed by atoms with Crippen molar-refractivity contribution in [1.82, 2.24) is 10.2 Å². The summed E-state index contributed by atoms with van der Waals surface area (Å²) >= 11 is 0. The predicted molar refractivity (Wildman–Crippen MR) is 81.8 cm³/mol. The first-order valence-electron chi connectivity index (χ1n) is 7.50. The molecule has 2 atom stereocenters. The first-order valence-corrected chi connectivity index (χ1v) is 7.50. The number of hydrogen-bond acceptors (Lipinski definition) is 4. The molecular formula is C16H24N2O3. The third-order valence-electron chi connectivity index (χ3n) is 3.85. The van der Waals surface area contributed by atoms with Crippen LogP contribution in [-0.2, 0) is 4.79 Å². The van der Waals surface area contributed by atoms with Crippen molar-refractivity contribution < 1.29 is 14.3 Å². The van der Waals surface area contributed by atoms with Crippen molar-refractivity contribution in [3.63, 3.8) is 0 Å². The monoisotopic (exact) mass is 292 g/mol. The maximum atomic E-state index is 12.2. The Morgan fingerprint density at radius 1 is 1.48 bits per heavy atom. The van der Waals surface area contributed by atoms with E-state index in [0.29, 0.717) is 25.4 Å². The Labute approximate surface area is 126 Å². The third-order valence-corrected chi connectivity index (χ3v) is 3.85. The molecule has 2 unspecified atom stereocenters. The van der Waals surface area contributed by atoms with Gasteiger partial charge in [0, 0.05) is 24.7 Å². The van der Waals surface area contributed by atoms with Crippen LogP contribution in [0.3, 0.4) is 0 Å². The smallest absolute Gasteiger partial charge is 0.263 e. The number of likely N-dealkylation sites (N-methyl/N-ethyl adjacent to an activating group) is 2. The molecule has 0 radical (unpaired) electrons. The van der Waals surface area contributed by atoms with Gasteiger partial charge in [-0.25, -0.2) is 0 Å². The molecule has 116 valence electrons. The van der Waals surface area contributed by atoms with E-state index in [1.54, 1.807) is 11.8 Å². The Kier molecular flexibility index (Phi) is 5.07. The second kappa shape index (κ2) is 6.80. The summed E-state index contributed by atoms with van der Waals surface area (Å²) in [6.45, 7) is 7.74. The number of nitrogens with one attached hydrogen (secondary N) is 1. The number of benzene rings is 1. The van der Waals surface area contributed by atoms with Crippen molar-refractivity contribution in [1.29, 1.82) is 0 Å². The van der Waals surface area contributed by atoms with Crippen LogP contribution < -0.4 is 14.8 Å². The van der Waals surface area contributed by atoms with Crippen molar-refractivity contribution in [3.05, 3.63) is 23.8 Å². The van der Waals surface area contributed by atoms with Gasteiger partial charge in [0.15, 0.2) is 6.10 Å². The molecule has 1 aliphatic heterocycles. The van der Waals surface area contributed by atoms with Gasteiger partial charge >= 0.3 is 0 Å². The number of ether oxygens (including phenoxy) is 2. The van der Waals surface area contributed by atoms with Gasteiger partial charge in [-0.15, -0.1) is 0 Å². The van der Waals surface area contributed by atoms with E-state index in [2.05, 4.69) is 5.32 Å². The molecule has 1 N–H and O–H groups in total. The van der Waals surface area contributed by atoms with Gasteiger partial charge < -0.3 is 19.7 Å². The zero-order valence-electron chi connectivity index (χ0n) is 13.2. The lowest BCUT2D eigenvalue weighted by molar-refractivity contribution is -0.137. The third kappa shape index (κ3) is 3.29. The molecule has 0 aliphatic carbocycles. The fourth-order valence-corrected chi connectivity index (χ4v) is 2.55. The molecule has 0 aromatic heterocycles. The fraction of sp³-hybridized carbons (Fsp3) is 0.562. The zero-order chi connectivity index (χ0) is 15.4. The molecule has 0 fully saturated rings. The molecule has 0 spiro atoms. The van der Waals surface area contributed by atoms with Crippen molar-refractivity contribution in [2.75, 3.05) is 26.7 Å². The van der Waals surface area contributed by atoms with E-state index >= 15 is 0 Å². The van der Waals surface area contributed by atoms with Gasteiger partial charge in [-0.2, -0.15) is 0 Å². The van der Waals surface area contributed by atoms with Crippen molar-refractivity contribution in [2.45, 2.75) is 32.9 Å². The van der Waals surface area contributed by atoms with Crippen LogP contribution in [0.4, 0.5) is 0 Å². The summed E-state index contributed by atoms with van der Waals surface area (Å²) in [6, 6.07) is 5.97. The standard InChI is InChI=1S/C16H24N2O3/c1-5-18(6-2)16(19)11(3)21-12-7-8-13-14(17-4)10-20-15(13)9-12/h7-9,11,14,17H,5-6,10H2,1-4H3. The average Bonchev–Trinajstić information content (AvgIpc) is 2.90. The van der Waals surface area contributed by atoms with E-state index in [1.165, 1.54) is 0 Å². The number of fused-ring (bicyclic) bond motifs is 1. The van der Waals surface area contributed by atoms with Crippen LogP contribution in [0.1, 0.15) is 32.4 Å². The van der Waals surface area contributed by atoms with Gasteiger partial charge in [0.25, 0.3) is 5.91 Å². The quantitative estimate of drug-likeness (QED) is 0.871. The normalized spacial score (nSPS) is 17.8. The molecule has 0 bridgehead atoms. The van der Waals surface area contributed by atoms with Crippen LogP contribution in [0.15, 0.2) is 18.2 Å². The molecule has 21 heavy (non-hydrogen) atoms. The minimum absolute atomic E-state index is 0.00881. The van der Waals surface area contributed by atoms with Gasteiger partial charge in [0.2, 0.25) is 0 Å². The van der Waals surface area contributed by atoms with Crippen LogP contribution in [0.25, 0.3) is 0 Å². The summed E-state index contributed by atoms with van der Waals surface area (Å²) in [5.41, 5.74) is 1.13. The van der Waals surface area contributed by atoms with E-state index in [4.69, 9.17) is 9.47 Å². The van der Waals surface area contributed by atoms with Gasteiger partial charge in [-0.05, 0) is 40.0 Å². The minimum atomic E-state index is -0.496. The SMILES string of the molecule is CCN(CC)C(=O)C(C)Oc1ccc2c(c1)OCC2NC. The largest absolute Gasteiger partial charge is 0.491 e. The topological polar surface area (TPSA) is 50.8 Å². The Balaban J connectivity index is 2.05. The maximum absolute atomic E-state index is 12.2. The molecule has 2 rings (SSSR count). The van der Waals surface area contributed by atoms with Crippen LogP contribution >= 0.6 is 0 Å². The van der Waals surface area contributed by atoms with Crippen LogP contribution in [0, 0.1) is 0 Å². The van der Waals surface area contributed by atoms with Crippen molar-refractivity contribution in [2.24, 2.45) is 0 Å². The molecule has 1 aromatic carbocycles. The number of carbonyl (C=O) groups excluding carboxylic acids is 1. The predicted octanol–water partition coefficient (Wildman–Crippen LogP) is 1.98. The lowest BCUT2D eigenvalue weighted by Gasteiger charge is -2.23. The maximum Gasteiger partial charge on any atom is 0.263 e. The summed E-state index contributed by atoms with van der Waals surface area (Å²) in [4.78, 5) is 14.0. The summed E-state index contributed by atoms with van der Waals surface area (Å²) < 4.78 is 11.4. The van der Waals surface area contributed by atoms with Crippen LogP contribution in [-0.4, -0.2) is 43.7 Å². The number of rotatable bonds is 6. The highest BCUT2D eigenvalue weighted by Crippen LogP contribution is 2.35. The van der Waals surface area contributed by atoms with Gasteiger partial charge in [0.05, 0.1) is 6.04 Å². The number of carbonyl (C=O) groups is 1. The fourth-order valence-electron chi connectivity index (χ4n) is 2.55. The minimum Gasteiger partial charge on any atom is -0.491 e. The van der Waals surface area contributed by atoms with E-state index in [-0.39, 0.29) is 11.9 Å². The number of amides is 1. The summed E-state index contributed by atoms with van der Waals surface area (Å²) in [5.74, 6) is 1.50. The van der Waals surface area contributed by atoms with E-state index in [0.717, 1.165) is 11.3 Å². The summed E-state index contributed by atoms with van der Waals surface area (Å²) in [7, 11) is 1.92. The second-order valence-electron chi connectivity index (χ2n) is 5.12. The van der Waals surface area contributed by atoms with E-state index < -0.39 is 6.10 Å². The average molecular weight is 292 g/mol. The Hall–Kier alpha value is -1.75. The molecular weight excluding hydrogens is 268 g/mol. The van der Waals surface area contributed by atoms with E-state index in [9.17, 15) is 4.79 Å². The van der Waals surface area contributed by atoms with Gasteiger partial charge in [-0.1, -0.05) is 0 Å². The van der Waals surface area contributed by atoms with Gasteiger partial charge in [0.1, 0.15) is 18.1 Å². The Bertz CT molecular complexity index is 500. The summed E-state index contributed by atoms with van der Waals surface area (Å²) in [6.07, 6.45) is -0.496. The Morgan fingerprint density at radius 3 is 2.81 bits per heavy atom. The first kappa shape index (κ1) is 15.6. The van der Waals surface area contributed by atoms with Gasteiger partial charge in [-0.3, -0.25) is 4.79 Å². The molecule has 1 heterocycles. The van der Waals surface area contributed by atoms with Crippen LogP contribution in [0.2, 0.25) is 0 Å². The molecule has 1 amide bonds. The number of hydrogen-bond donors (Lipinski definition) is 1. The Morgan fingerprint density at radius 2 is 2.19 bits per heavy atom. The molecule has 5 heteroatoms. The van der Waals surface area contributed by atoms with E-state index in [1.807, 2.05) is 39.1 Å². The van der Waals surface area contributed by atoms with Crippen molar-refractivity contribution >= 4 is 5.91 Å². The van der Waals surface area contributed by atoms with Crippen LogP contribution in [0.5, 0.6) is 11.5 Å². The molecule has 0 saturated heterocycles. The highest BCUT2D eigenvalue weighted by atomic mass is 16.5. The zero-order valence-corrected chi connectivity index (χ0v) is 13.2. The second-order valence-corrected chi connectivity index (χ2v) is 5.12. The molecule has 5 nitrogen and oxygen atoms in total. The highest BCUT2D eigenvalue weighted by Gasteiger charge is 2.24. The van der Waals surface area contributed by atoms with Crippen molar-refractivity contribution in [3.8, 4) is 11.5 Å². The number of nitrogens with zero attached hydrogens (tertiary/aromatic N) is 1. The molecule has 1 aromatic rings. The first-order chi connectivity index (χ1) is 10.1. The summed E-state index contributed by atoms with van der Waals surface area (Å²) in [5, 5.41) is 3.20. The highest BCUT2D eigenvalue weighted by molar-refractivity contribution is 5.80. The molecule has 1 aliphatic rings. The lowest BCUT2D eigenvalue weighted by atomic mass is 10.1. The molecule has 0 saturated carbocycles.